The largest absolute Gasteiger partial charge is 0.313 e. The molecule has 0 aliphatic heterocycles. The highest BCUT2D eigenvalue weighted by Gasteiger charge is 2.26. The molecule has 0 aromatic heterocycles. The highest BCUT2D eigenvalue weighted by atomic mass is 35.5. The predicted octanol–water partition coefficient (Wildman–Crippen LogP) is 4.10. The van der Waals surface area contributed by atoms with Gasteiger partial charge in [-0.3, -0.25) is 0 Å². The molecule has 1 aliphatic carbocycles. The molecule has 0 radical (unpaired) electrons. The molecule has 2 aromatic carbocycles. The van der Waals surface area contributed by atoms with E-state index in [1.165, 1.54) is 29.5 Å². The van der Waals surface area contributed by atoms with Crippen LogP contribution in [0, 0.1) is 0 Å². The monoisotopic (exact) mass is 273 g/mol. The molecule has 1 N–H and O–H groups in total. The van der Waals surface area contributed by atoms with Gasteiger partial charge in [-0.1, -0.05) is 54.6 Å². The molecule has 2 atom stereocenters. The maximum absolute atomic E-state index is 3.46. The second-order valence-corrected chi connectivity index (χ2v) is 5.09. The van der Waals surface area contributed by atoms with Crippen molar-refractivity contribution in [3.05, 3.63) is 71.3 Å². The van der Waals surface area contributed by atoms with Crippen LogP contribution in [0.4, 0.5) is 0 Å². The zero-order valence-corrected chi connectivity index (χ0v) is 12.0. The van der Waals surface area contributed by atoms with Gasteiger partial charge in [0.1, 0.15) is 0 Å². The van der Waals surface area contributed by atoms with E-state index in [9.17, 15) is 0 Å². The third kappa shape index (κ3) is 2.83. The topological polar surface area (TPSA) is 12.0 Å². The first-order chi connectivity index (χ1) is 8.88. The first-order valence-electron chi connectivity index (χ1n) is 6.68. The summed E-state index contributed by atoms with van der Waals surface area (Å²) < 4.78 is 0. The Balaban J connectivity index is 0.00000133. The highest BCUT2D eigenvalue weighted by Crippen LogP contribution is 2.38. The maximum atomic E-state index is 3.46. The summed E-state index contributed by atoms with van der Waals surface area (Å²) in [5.41, 5.74) is 4.44. The smallest absolute Gasteiger partial charge is 0.0326 e. The summed E-state index contributed by atoms with van der Waals surface area (Å²) in [5, 5.41) is 3.46. The molecule has 0 bridgehead atoms. The summed E-state index contributed by atoms with van der Waals surface area (Å²) in [6, 6.07) is 20.2. The highest BCUT2D eigenvalue weighted by molar-refractivity contribution is 5.85. The van der Waals surface area contributed by atoms with E-state index < -0.39 is 0 Å². The van der Waals surface area contributed by atoms with Crippen LogP contribution in [-0.4, -0.2) is 7.05 Å². The zero-order valence-electron chi connectivity index (χ0n) is 11.2. The van der Waals surface area contributed by atoms with Gasteiger partial charge in [0.05, 0.1) is 0 Å². The van der Waals surface area contributed by atoms with Crippen molar-refractivity contribution in [2.24, 2.45) is 0 Å². The van der Waals surface area contributed by atoms with Crippen molar-refractivity contribution in [1.29, 1.82) is 0 Å². The Morgan fingerprint density at radius 3 is 2.37 bits per heavy atom. The number of hydrogen-bond acceptors (Lipinski definition) is 1. The van der Waals surface area contributed by atoms with E-state index >= 15 is 0 Å². The minimum Gasteiger partial charge on any atom is -0.313 e. The van der Waals surface area contributed by atoms with Gasteiger partial charge in [0, 0.05) is 6.04 Å². The molecule has 0 unspecified atom stereocenters. The molecule has 100 valence electrons. The van der Waals surface area contributed by atoms with E-state index in [1.54, 1.807) is 0 Å². The number of hydrogen-bond donors (Lipinski definition) is 1. The quantitative estimate of drug-likeness (QED) is 0.869. The van der Waals surface area contributed by atoms with Crippen LogP contribution in [-0.2, 0) is 6.42 Å². The van der Waals surface area contributed by atoms with Gasteiger partial charge >= 0.3 is 0 Å². The summed E-state index contributed by atoms with van der Waals surface area (Å²) in [5.74, 6) is 0.638. The number of rotatable bonds is 2. The van der Waals surface area contributed by atoms with Gasteiger partial charge in [-0.15, -0.1) is 12.4 Å². The molecule has 19 heavy (non-hydrogen) atoms. The predicted molar refractivity (Wildman–Crippen MR) is 83.0 cm³/mol. The second kappa shape index (κ2) is 6.23. The third-order valence-electron chi connectivity index (χ3n) is 4.04. The van der Waals surface area contributed by atoms with Crippen LogP contribution in [0.2, 0.25) is 0 Å². The fourth-order valence-electron chi connectivity index (χ4n) is 3.07. The van der Waals surface area contributed by atoms with Gasteiger partial charge in [-0.2, -0.15) is 0 Å². The van der Waals surface area contributed by atoms with Crippen molar-refractivity contribution in [3.8, 4) is 0 Å². The maximum Gasteiger partial charge on any atom is 0.0326 e. The molecule has 2 aromatic rings. The van der Waals surface area contributed by atoms with Gasteiger partial charge in [0.15, 0.2) is 0 Å². The lowest BCUT2D eigenvalue weighted by Gasteiger charge is -2.31. The minimum absolute atomic E-state index is 0. The Morgan fingerprint density at radius 2 is 1.63 bits per heavy atom. The van der Waals surface area contributed by atoms with Crippen LogP contribution in [0.3, 0.4) is 0 Å². The standard InChI is InChI=1S/C17H19N.ClH/c1-18-17-12-15(13-7-3-2-4-8-13)11-14-9-5-6-10-16(14)17;/h2-10,15,17-18H,11-12H2,1H3;1H/t15-,17-;/m0./s1. The van der Waals surface area contributed by atoms with E-state index in [2.05, 4.69) is 67.0 Å². The second-order valence-electron chi connectivity index (χ2n) is 5.09. The normalized spacial score (nSPS) is 21.3. The molecule has 0 saturated carbocycles. The van der Waals surface area contributed by atoms with Crippen molar-refractivity contribution < 1.29 is 0 Å². The van der Waals surface area contributed by atoms with Gasteiger partial charge in [0.25, 0.3) is 0 Å². The average molecular weight is 274 g/mol. The fraction of sp³-hybridized carbons (Fsp3) is 0.294. The number of halogens is 1. The van der Waals surface area contributed by atoms with E-state index in [-0.39, 0.29) is 12.4 Å². The first-order valence-corrected chi connectivity index (χ1v) is 6.68. The Hall–Kier alpha value is -1.31. The van der Waals surface area contributed by atoms with Crippen molar-refractivity contribution in [2.75, 3.05) is 7.05 Å². The van der Waals surface area contributed by atoms with Crippen LogP contribution >= 0.6 is 12.4 Å². The third-order valence-corrected chi connectivity index (χ3v) is 4.04. The molecule has 3 rings (SSSR count). The number of benzene rings is 2. The molecule has 0 spiro atoms. The van der Waals surface area contributed by atoms with E-state index in [0.717, 1.165) is 0 Å². The van der Waals surface area contributed by atoms with Crippen molar-refractivity contribution in [3.63, 3.8) is 0 Å². The van der Waals surface area contributed by atoms with Gasteiger partial charge in [-0.05, 0) is 42.5 Å². The molecule has 2 heteroatoms. The molecule has 0 fully saturated rings. The molecular formula is C17H20ClN. The molecule has 0 amide bonds. The molecule has 1 aliphatic rings. The Morgan fingerprint density at radius 1 is 0.947 bits per heavy atom. The van der Waals surface area contributed by atoms with E-state index in [1.807, 2.05) is 0 Å². The summed E-state index contributed by atoms with van der Waals surface area (Å²) >= 11 is 0. The minimum atomic E-state index is 0. The summed E-state index contributed by atoms with van der Waals surface area (Å²) in [7, 11) is 2.06. The number of nitrogens with one attached hydrogen (secondary N) is 1. The van der Waals surface area contributed by atoms with Crippen molar-refractivity contribution >= 4 is 12.4 Å². The first kappa shape index (κ1) is 14.1. The van der Waals surface area contributed by atoms with Gasteiger partial charge in [0.2, 0.25) is 0 Å². The average Bonchev–Trinajstić information content (AvgIpc) is 2.47. The SMILES string of the molecule is CN[C@H]1C[C@@H](c2ccccc2)Cc2ccccc21.Cl. The lowest BCUT2D eigenvalue weighted by Crippen LogP contribution is -2.25. The molecule has 1 nitrogen and oxygen atoms in total. The van der Waals surface area contributed by atoms with Crippen LogP contribution in [0.5, 0.6) is 0 Å². The van der Waals surface area contributed by atoms with Gasteiger partial charge < -0.3 is 5.32 Å². The Kier molecular flexibility index (Phi) is 4.62. The number of fused-ring (bicyclic) bond motifs is 1. The van der Waals surface area contributed by atoms with Gasteiger partial charge in [-0.25, -0.2) is 0 Å². The van der Waals surface area contributed by atoms with Crippen molar-refractivity contribution in [2.45, 2.75) is 24.8 Å². The van der Waals surface area contributed by atoms with Crippen LogP contribution in [0.1, 0.15) is 35.1 Å². The Bertz CT molecular complexity index is 524. The molecule has 0 heterocycles. The summed E-state index contributed by atoms with van der Waals surface area (Å²) in [6.45, 7) is 0. The van der Waals surface area contributed by atoms with Crippen LogP contribution in [0.15, 0.2) is 54.6 Å². The lowest BCUT2D eigenvalue weighted by atomic mass is 9.77. The van der Waals surface area contributed by atoms with E-state index in [4.69, 9.17) is 0 Å². The summed E-state index contributed by atoms with van der Waals surface area (Å²) in [4.78, 5) is 0. The zero-order chi connectivity index (χ0) is 12.4. The molecule has 0 saturated heterocycles. The fourth-order valence-corrected chi connectivity index (χ4v) is 3.07. The molecular weight excluding hydrogens is 254 g/mol. The van der Waals surface area contributed by atoms with Crippen molar-refractivity contribution in [1.82, 2.24) is 5.32 Å². The van der Waals surface area contributed by atoms with E-state index in [0.29, 0.717) is 12.0 Å². The van der Waals surface area contributed by atoms with Crippen LogP contribution in [0.25, 0.3) is 0 Å². The summed E-state index contributed by atoms with van der Waals surface area (Å²) in [6.07, 6.45) is 2.36. The lowest BCUT2D eigenvalue weighted by molar-refractivity contribution is 0.449. The van der Waals surface area contributed by atoms with Crippen LogP contribution < -0.4 is 5.32 Å². The Labute approximate surface area is 121 Å².